The number of carbonyl (C=O) groups is 1. The number of rotatable bonds is 5. The third-order valence-corrected chi connectivity index (χ3v) is 6.29. The molecule has 1 amide bonds. The van der Waals surface area contributed by atoms with Crippen LogP contribution in [0, 0.1) is 28.4 Å². The summed E-state index contributed by atoms with van der Waals surface area (Å²) < 4.78 is 34.2. The van der Waals surface area contributed by atoms with Crippen molar-refractivity contribution in [2.24, 2.45) is 5.41 Å². The Hall–Kier alpha value is -3.15. The van der Waals surface area contributed by atoms with Gasteiger partial charge in [-0.15, -0.1) is 0 Å². The molecule has 1 aliphatic carbocycles. The minimum absolute atomic E-state index is 0.0299. The lowest BCUT2D eigenvalue weighted by Crippen LogP contribution is -2.49. The van der Waals surface area contributed by atoms with Gasteiger partial charge in [-0.1, -0.05) is 13.0 Å². The summed E-state index contributed by atoms with van der Waals surface area (Å²) in [5, 5.41) is 23.6. The van der Waals surface area contributed by atoms with Gasteiger partial charge in [-0.3, -0.25) is 4.68 Å². The molecule has 1 saturated carbocycles. The topological polar surface area (TPSA) is 91.4 Å². The van der Waals surface area contributed by atoms with Crippen LogP contribution in [0.2, 0.25) is 0 Å². The Kier molecular flexibility index (Phi) is 5.10. The van der Waals surface area contributed by atoms with Crippen molar-refractivity contribution in [3.63, 3.8) is 0 Å². The zero-order valence-electron chi connectivity index (χ0n) is 16.5. The van der Waals surface area contributed by atoms with E-state index in [0.717, 1.165) is 18.9 Å². The quantitative estimate of drug-likeness (QED) is 0.793. The summed E-state index contributed by atoms with van der Waals surface area (Å²) in [5.41, 5.74) is 0.731. The van der Waals surface area contributed by atoms with Crippen molar-refractivity contribution in [3.8, 4) is 11.8 Å². The molecule has 2 unspecified atom stereocenters. The Morgan fingerprint density at radius 1 is 1.43 bits per heavy atom. The minimum atomic E-state index is -1.08. The highest BCUT2D eigenvalue weighted by Crippen LogP contribution is 2.53. The summed E-state index contributed by atoms with van der Waals surface area (Å²) in [5.74, 6) is -2.32. The third kappa shape index (κ3) is 3.58. The first-order chi connectivity index (χ1) is 14.3. The molecule has 2 heterocycles. The fourth-order valence-electron chi connectivity index (χ4n) is 4.24. The van der Waals surface area contributed by atoms with Crippen LogP contribution in [0.3, 0.4) is 0 Å². The molecular formula is C21H22F2N4O3. The minimum Gasteiger partial charge on any atom is -0.486 e. The van der Waals surface area contributed by atoms with Crippen molar-refractivity contribution < 1.29 is 23.4 Å². The summed E-state index contributed by atoms with van der Waals surface area (Å²) >= 11 is 0. The van der Waals surface area contributed by atoms with E-state index in [1.807, 2.05) is 0 Å². The molecule has 30 heavy (non-hydrogen) atoms. The van der Waals surface area contributed by atoms with E-state index >= 15 is 0 Å². The summed E-state index contributed by atoms with van der Waals surface area (Å²) in [4.78, 5) is 13.2. The molecule has 1 aromatic carbocycles. The van der Waals surface area contributed by atoms with Crippen LogP contribution in [-0.4, -0.2) is 38.5 Å². The standard InChI is InChI=1S/C21H22F2N4O3/c1-21(6-7-21)18-9-14(5-8-26(18)20(28)29)27-16(10-24)13(11-25-27)12-30-17-4-2-3-15(22)19(17)23/h2-4,11,14,18H,5-9,12H2,1H3,(H,28,29). The number of hydrogen-bond acceptors (Lipinski definition) is 4. The number of halogens is 2. The Bertz CT molecular complexity index is 1010. The lowest BCUT2D eigenvalue weighted by Gasteiger charge is -2.41. The van der Waals surface area contributed by atoms with Crippen LogP contribution >= 0.6 is 0 Å². The summed E-state index contributed by atoms with van der Waals surface area (Å²) in [6.07, 6.45) is 3.67. The van der Waals surface area contributed by atoms with Crippen LogP contribution in [0.5, 0.6) is 5.75 Å². The van der Waals surface area contributed by atoms with Gasteiger partial charge in [0, 0.05) is 18.2 Å². The van der Waals surface area contributed by atoms with Crippen molar-refractivity contribution in [1.29, 1.82) is 5.26 Å². The second kappa shape index (κ2) is 7.59. The van der Waals surface area contributed by atoms with E-state index in [-0.39, 0.29) is 29.9 Å². The number of piperidine rings is 1. The van der Waals surface area contributed by atoms with Gasteiger partial charge >= 0.3 is 6.09 Å². The van der Waals surface area contributed by atoms with Crippen LogP contribution < -0.4 is 4.74 Å². The Labute approximate surface area is 172 Å². The fraction of sp³-hybridized carbons (Fsp3) is 0.476. The highest BCUT2D eigenvalue weighted by Gasteiger charge is 2.51. The first kappa shape index (κ1) is 20.1. The van der Waals surface area contributed by atoms with Gasteiger partial charge in [0.25, 0.3) is 0 Å². The monoisotopic (exact) mass is 416 g/mol. The first-order valence-corrected chi connectivity index (χ1v) is 9.87. The zero-order chi connectivity index (χ0) is 21.5. The van der Waals surface area contributed by atoms with Crippen LogP contribution in [-0.2, 0) is 6.61 Å². The SMILES string of the molecule is CC1(C2CC(n3ncc(COc4cccc(F)c4F)c3C#N)CCN2C(=O)O)CC1. The van der Waals surface area contributed by atoms with Crippen LogP contribution in [0.4, 0.5) is 13.6 Å². The molecule has 2 atom stereocenters. The lowest BCUT2D eigenvalue weighted by molar-refractivity contribution is 0.0605. The molecule has 9 heteroatoms. The molecular weight excluding hydrogens is 394 g/mol. The van der Waals surface area contributed by atoms with Crippen LogP contribution in [0.25, 0.3) is 0 Å². The molecule has 0 radical (unpaired) electrons. The Morgan fingerprint density at radius 2 is 2.20 bits per heavy atom. The number of amides is 1. The second-order valence-corrected chi connectivity index (χ2v) is 8.24. The molecule has 7 nitrogen and oxygen atoms in total. The highest BCUT2D eigenvalue weighted by molar-refractivity contribution is 5.66. The average Bonchev–Trinajstić information content (AvgIpc) is 3.35. The van der Waals surface area contributed by atoms with Gasteiger partial charge in [0.15, 0.2) is 11.6 Å². The number of ether oxygens (including phenoxy) is 1. The van der Waals surface area contributed by atoms with Crippen molar-refractivity contribution in [2.75, 3.05) is 6.54 Å². The summed E-state index contributed by atoms with van der Waals surface area (Å²) in [6, 6.07) is 5.56. The number of likely N-dealkylation sites (tertiary alicyclic amines) is 1. The predicted molar refractivity (Wildman–Crippen MR) is 102 cm³/mol. The maximum Gasteiger partial charge on any atom is 0.407 e. The van der Waals surface area contributed by atoms with Gasteiger partial charge in [0.05, 0.1) is 12.2 Å². The molecule has 2 fully saturated rings. The number of aromatic nitrogens is 2. The van der Waals surface area contributed by atoms with Gasteiger partial charge < -0.3 is 14.7 Å². The van der Waals surface area contributed by atoms with E-state index in [2.05, 4.69) is 18.1 Å². The molecule has 0 bridgehead atoms. The van der Waals surface area contributed by atoms with Crippen molar-refractivity contribution in [2.45, 2.75) is 51.3 Å². The highest BCUT2D eigenvalue weighted by atomic mass is 19.2. The summed E-state index contributed by atoms with van der Waals surface area (Å²) in [6.45, 7) is 2.35. The van der Waals surface area contributed by atoms with Gasteiger partial charge in [-0.05, 0) is 43.2 Å². The van der Waals surface area contributed by atoms with Crippen molar-refractivity contribution in [3.05, 3.63) is 47.3 Å². The smallest absolute Gasteiger partial charge is 0.407 e. The van der Waals surface area contributed by atoms with Crippen molar-refractivity contribution in [1.82, 2.24) is 14.7 Å². The van der Waals surface area contributed by atoms with Crippen molar-refractivity contribution >= 4 is 6.09 Å². The van der Waals surface area contributed by atoms with Crippen LogP contribution in [0.1, 0.15) is 49.9 Å². The second-order valence-electron chi connectivity index (χ2n) is 8.24. The number of nitrogens with zero attached hydrogens (tertiary/aromatic N) is 4. The molecule has 1 N–H and O–H groups in total. The average molecular weight is 416 g/mol. The number of benzene rings is 1. The van der Waals surface area contributed by atoms with Gasteiger partial charge in [-0.2, -0.15) is 14.8 Å². The van der Waals surface area contributed by atoms with Gasteiger partial charge in [0.2, 0.25) is 5.82 Å². The van der Waals surface area contributed by atoms with E-state index in [9.17, 15) is 23.9 Å². The number of carboxylic acid groups (broad SMARTS) is 1. The Morgan fingerprint density at radius 3 is 2.87 bits per heavy atom. The molecule has 158 valence electrons. The molecule has 1 aromatic heterocycles. The number of hydrogen-bond donors (Lipinski definition) is 1. The number of nitriles is 1. The van der Waals surface area contributed by atoms with E-state index in [0.29, 0.717) is 30.6 Å². The zero-order valence-corrected chi connectivity index (χ0v) is 16.5. The van der Waals surface area contributed by atoms with Crippen LogP contribution in [0.15, 0.2) is 24.4 Å². The normalized spacial score (nSPS) is 22.4. The van der Waals surface area contributed by atoms with E-state index in [1.54, 1.807) is 4.68 Å². The summed E-state index contributed by atoms with van der Waals surface area (Å²) in [7, 11) is 0. The first-order valence-electron chi connectivity index (χ1n) is 9.87. The maximum absolute atomic E-state index is 13.8. The predicted octanol–water partition coefficient (Wildman–Crippen LogP) is 4.10. The van der Waals surface area contributed by atoms with Gasteiger partial charge in [-0.25, -0.2) is 9.18 Å². The van der Waals surface area contributed by atoms with E-state index in [4.69, 9.17) is 4.74 Å². The largest absolute Gasteiger partial charge is 0.486 e. The lowest BCUT2D eigenvalue weighted by atomic mass is 9.86. The molecule has 1 saturated heterocycles. The third-order valence-electron chi connectivity index (χ3n) is 6.29. The van der Waals surface area contributed by atoms with Gasteiger partial charge in [0.1, 0.15) is 18.4 Å². The maximum atomic E-state index is 13.8. The van der Waals surface area contributed by atoms with E-state index in [1.165, 1.54) is 23.2 Å². The molecule has 1 aliphatic heterocycles. The van der Waals surface area contributed by atoms with E-state index < -0.39 is 17.7 Å². The Balaban J connectivity index is 1.53. The molecule has 2 aromatic rings. The fourth-order valence-corrected chi connectivity index (χ4v) is 4.24. The molecule has 2 aliphatic rings. The molecule has 4 rings (SSSR count). The molecule has 0 spiro atoms.